The SMILES string of the molecule is O/N=C\c1ccc(F)c(C(F)(F)F)c1. The molecule has 1 aromatic rings. The molecule has 2 nitrogen and oxygen atoms in total. The fourth-order valence-electron chi connectivity index (χ4n) is 0.907. The maximum absolute atomic E-state index is 12.7. The van der Waals surface area contributed by atoms with Crippen LogP contribution in [-0.2, 0) is 6.18 Å². The molecule has 0 atom stereocenters. The van der Waals surface area contributed by atoms with Gasteiger partial charge in [0.05, 0.1) is 11.8 Å². The molecule has 0 saturated carbocycles. The van der Waals surface area contributed by atoms with Gasteiger partial charge in [-0.15, -0.1) is 0 Å². The zero-order valence-corrected chi connectivity index (χ0v) is 6.72. The van der Waals surface area contributed by atoms with Gasteiger partial charge in [0.15, 0.2) is 0 Å². The first-order valence-electron chi connectivity index (χ1n) is 3.49. The van der Waals surface area contributed by atoms with E-state index in [9.17, 15) is 17.6 Å². The molecule has 0 aliphatic heterocycles. The molecule has 0 unspecified atom stereocenters. The lowest BCUT2D eigenvalue weighted by Gasteiger charge is -2.07. The van der Waals surface area contributed by atoms with Crippen LogP contribution < -0.4 is 0 Å². The van der Waals surface area contributed by atoms with Crippen LogP contribution in [0.2, 0.25) is 0 Å². The highest BCUT2D eigenvalue weighted by molar-refractivity contribution is 5.79. The predicted molar refractivity (Wildman–Crippen MR) is 40.8 cm³/mol. The highest BCUT2D eigenvalue weighted by atomic mass is 19.4. The van der Waals surface area contributed by atoms with Crippen molar-refractivity contribution in [3.8, 4) is 0 Å². The maximum Gasteiger partial charge on any atom is 0.419 e. The number of halogens is 4. The third-order valence-corrected chi connectivity index (χ3v) is 1.50. The van der Waals surface area contributed by atoms with Gasteiger partial charge in [-0.1, -0.05) is 11.2 Å². The van der Waals surface area contributed by atoms with Crippen LogP contribution in [0.25, 0.3) is 0 Å². The average Bonchev–Trinajstić information content (AvgIpc) is 2.07. The van der Waals surface area contributed by atoms with Crippen molar-refractivity contribution in [3.05, 3.63) is 35.1 Å². The number of rotatable bonds is 1. The van der Waals surface area contributed by atoms with Gasteiger partial charge in [0.1, 0.15) is 5.82 Å². The lowest BCUT2D eigenvalue weighted by molar-refractivity contribution is -0.140. The molecule has 1 aromatic carbocycles. The van der Waals surface area contributed by atoms with Crippen molar-refractivity contribution in [2.45, 2.75) is 6.18 Å². The van der Waals surface area contributed by atoms with E-state index in [1.165, 1.54) is 0 Å². The van der Waals surface area contributed by atoms with Gasteiger partial charge in [0, 0.05) is 0 Å². The molecule has 0 fully saturated rings. The summed E-state index contributed by atoms with van der Waals surface area (Å²) in [5, 5.41) is 10.6. The van der Waals surface area contributed by atoms with Crippen molar-refractivity contribution in [3.63, 3.8) is 0 Å². The first kappa shape index (κ1) is 10.5. The van der Waals surface area contributed by atoms with Crippen LogP contribution in [0.1, 0.15) is 11.1 Å². The monoisotopic (exact) mass is 207 g/mol. The first-order chi connectivity index (χ1) is 6.45. The lowest BCUT2D eigenvalue weighted by atomic mass is 10.1. The van der Waals surface area contributed by atoms with Gasteiger partial charge < -0.3 is 5.21 Å². The Morgan fingerprint density at radius 1 is 1.29 bits per heavy atom. The molecule has 6 heteroatoms. The van der Waals surface area contributed by atoms with Gasteiger partial charge in [-0.25, -0.2) is 4.39 Å². The van der Waals surface area contributed by atoms with Crippen molar-refractivity contribution in [2.75, 3.05) is 0 Å². The molecule has 0 radical (unpaired) electrons. The Morgan fingerprint density at radius 3 is 2.43 bits per heavy atom. The van der Waals surface area contributed by atoms with Crippen LogP contribution in [0.3, 0.4) is 0 Å². The smallest absolute Gasteiger partial charge is 0.411 e. The number of hydrogen-bond donors (Lipinski definition) is 1. The molecular weight excluding hydrogens is 202 g/mol. The molecule has 14 heavy (non-hydrogen) atoms. The van der Waals surface area contributed by atoms with Gasteiger partial charge >= 0.3 is 6.18 Å². The molecular formula is C8H5F4NO. The number of oxime groups is 1. The summed E-state index contributed by atoms with van der Waals surface area (Å²) >= 11 is 0. The molecule has 0 saturated heterocycles. The van der Waals surface area contributed by atoms with Crippen molar-refractivity contribution >= 4 is 6.21 Å². The Labute approximate surface area is 76.5 Å². The zero-order valence-electron chi connectivity index (χ0n) is 6.72. The Kier molecular flexibility index (Phi) is 2.73. The fraction of sp³-hybridized carbons (Fsp3) is 0.125. The topological polar surface area (TPSA) is 32.6 Å². The lowest BCUT2D eigenvalue weighted by Crippen LogP contribution is -2.08. The van der Waals surface area contributed by atoms with Crippen molar-refractivity contribution in [1.82, 2.24) is 0 Å². The second-order valence-electron chi connectivity index (χ2n) is 2.48. The second kappa shape index (κ2) is 3.65. The molecule has 0 spiro atoms. The Balaban J connectivity index is 3.22. The van der Waals surface area contributed by atoms with Crippen molar-refractivity contribution in [2.24, 2.45) is 5.16 Å². The van der Waals surface area contributed by atoms with Crippen LogP contribution >= 0.6 is 0 Å². The number of alkyl halides is 3. The van der Waals surface area contributed by atoms with Crippen molar-refractivity contribution < 1.29 is 22.8 Å². The predicted octanol–water partition coefficient (Wildman–Crippen LogP) is 2.65. The minimum absolute atomic E-state index is 0.0266. The van der Waals surface area contributed by atoms with E-state index in [1.807, 2.05) is 0 Å². The van der Waals surface area contributed by atoms with Crippen LogP contribution in [0.15, 0.2) is 23.4 Å². The standard InChI is InChI=1S/C8H5F4NO/c9-7-2-1-5(4-13-14)3-6(7)8(10,11)12/h1-4,14H/b13-4-. The first-order valence-corrected chi connectivity index (χ1v) is 3.49. The molecule has 0 aliphatic rings. The van der Waals surface area contributed by atoms with E-state index >= 15 is 0 Å². The molecule has 0 amide bonds. The minimum Gasteiger partial charge on any atom is -0.411 e. The van der Waals surface area contributed by atoms with Crippen LogP contribution in [0.5, 0.6) is 0 Å². The highest BCUT2D eigenvalue weighted by Gasteiger charge is 2.33. The molecule has 0 bridgehead atoms. The Morgan fingerprint density at radius 2 is 1.93 bits per heavy atom. The molecule has 1 rings (SSSR count). The van der Waals surface area contributed by atoms with E-state index in [1.54, 1.807) is 0 Å². The molecule has 0 aliphatic carbocycles. The van der Waals surface area contributed by atoms with Crippen LogP contribution in [0.4, 0.5) is 17.6 Å². The molecule has 76 valence electrons. The summed E-state index contributed by atoms with van der Waals surface area (Å²) in [6.45, 7) is 0. The Hall–Kier alpha value is -1.59. The van der Waals surface area contributed by atoms with E-state index in [2.05, 4.69) is 5.16 Å². The van der Waals surface area contributed by atoms with E-state index < -0.39 is 17.6 Å². The van der Waals surface area contributed by atoms with E-state index in [-0.39, 0.29) is 5.56 Å². The molecule has 0 heterocycles. The summed E-state index contributed by atoms with van der Waals surface area (Å²) in [4.78, 5) is 0. The number of nitrogens with zero attached hydrogens (tertiary/aromatic N) is 1. The van der Waals surface area contributed by atoms with Crippen LogP contribution in [-0.4, -0.2) is 11.4 Å². The van der Waals surface area contributed by atoms with E-state index in [0.717, 1.165) is 12.3 Å². The van der Waals surface area contributed by atoms with Crippen LogP contribution in [0, 0.1) is 5.82 Å². The average molecular weight is 207 g/mol. The van der Waals surface area contributed by atoms with Gasteiger partial charge in [0.25, 0.3) is 0 Å². The third kappa shape index (κ3) is 2.21. The molecule has 0 aromatic heterocycles. The van der Waals surface area contributed by atoms with Gasteiger partial charge in [-0.3, -0.25) is 0 Å². The summed E-state index contributed by atoms with van der Waals surface area (Å²) in [6, 6.07) is 2.30. The number of hydrogen-bond acceptors (Lipinski definition) is 2. The van der Waals surface area contributed by atoms with E-state index in [4.69, 9.17) is 5.21 Å². The summed E-state index contributed by atoms with van der Waals surface area (Å²) in [5.74, 6) is -1.35. The quantitative estimate of drug-likeness (QED) is 0.326. The third-order valence-electron chi connectivity index (χ3n) is 1.50. The largest absolute Gasteiger partial charge is 0.419 e. The summed E-state index contributed by atoms with van der Waals surface area (Å²) in [7, 11) is 0. The highest BCUT2D eigenvalue weighted by Crippen LogP contribution is 2.31. The summed E-state index contributed by atoms with van der Waals surface area (Å²) in [6.07, 6.45) is -3.96. The normalized spacial score (nSPS) is 12.3. The molecule has 1 N–H and O–H groups in total. The second-order valence-corrected chi connectivity index (χ2v) is 2.48. The van der Waals surface area contributed by atoms with E-state index in [0.29, 0.717) is 12.1 Å². The minimum atomic E-state index is -4.75. The summed E-state index contributed by atoms with van der Waals surface area (Å²) in [5.41, 5.74) is -1.41. The zero-order chi connectivity index (χ0) is 10.8. The van der Waals surface area contributed by atoms with Crippen molar-refractivity contribution in [1.29, 1.82) is 0 Å². The number of benzene rings is 1. The van der Waals surface area contributed by atoms with Gasteiger partial charge in [-0.05, 0) is 17.7 Å². The Bertz CT molecular complexity index is 359. The maximum atomic E-state index is 12.7. The fourth-order valence-corrected chi connectivity index (χ4v) is 0.907. The summed E-state index contributed by atoms with van der Waals surface area (Å²) < 4.78 is 49.0. The van der Waals surface area contributed by atoms with Gasteiger partial charge in [0.2, 0.25) is 0 Å². The van der Waals surface area contributed by atoms with Gasteiger partial charge in [-0.2, -0.15) is 13.2 Å².